The van der Waals surface area contributed by atoms with Gasteiger partial charge in [-0.15, -0.1) is 11.3 Å². The first-order chi connectivity index (χ1) is 13.3. The van der Waals surface area contributed by atoms with Gasteiger partial charge in [-0.2, -0.15) is 8.61 Å². The molecule has 0 spiro atoms. The first kappa shape index (κ1) is 20.0. The highest BCUT2D eigenvalue weighted by molar-refractivity contribution is 7.89. The Morgan fingerprint density at radius 2 is 1.46 bits per heavy atom. The van der Waals surface area contributed by atoms with Crippen molar-refractivity contribution in [2.24, 2.45) is 0 Å². The molecule has 4 rings (SSSR count). The van der Waals surface area contributed by atoms with Crippen LogP contribution < -0.4 is 0 Å². The van der Waals surface area contributed by atoms with Crippen LogP contribution >= 0.6 is 11.3 Å². The van der Waals surface area contributed by atoms with Crippen LogP contribution in [-0.2, 0) is 26.5 Å². The zero-order chi connectivity index (χ0) is 19.9. The molecule has 0 saturated carbocycles. The fraction of sp³-hybridized carbons (Fsp3) is 0.474. The lowest BCUT2D eigenvalue weighted by atomic mass is 10.0. The Hall–Kier alpha value is -1.26. The Morgan fingerprint density at radius 1 is 0.857 bits per heavy atom. The highest BCUT2D eigenvalue weighted by Gasteiger charge is 2.35. The standard InChI is InChI=1S/C19H24N2O4S3/c1-15-18-10-14-26-19(18)9-13-21(15)28(24,25)17-7-5-16(6-8-17)27(22,23)20-11-3-2-4-12-20/h5-8,10,14-15H,2-4,9,11-13H2,1H3. The maximum Gasteiger partial charge on any atom is 0.243 e. The molecular weight excluding hydrogens is 416 g/mol. The van der Waals surface area contributed by atoms with Crippen molar-refractivity contribution < 1.29 is 16.8 Å². The van der Waals surface area contributed by atoms with Crippen molar-refractivity contribution in [1.82, 2.24) is 8.61 Å². The minimum Gasteiger partial charge on any atom is -0.207 e. The van der Waals surface area contributed by atoms with Gasteiger partial charge in [0.25, 0.3) is 0 Å². The summed E-state index contributed by atoms with van der Waals surface area (Å²) in [6.45, 7) is 3.38. The van der Waals surface area contributed by atoms with Crippen LogP contribution in [0.25, 0.3) is 0 Å². The van der Waals surface area contributed by atoms with Gasteiger partial charge in [0, 0.05) is 30.6 Å². The van der Waals surface area contributed by atoms with Crippen LogP contribution in [0.1, 0.15) is 42.7 Å². The molecule has 1 aromatic heterocycles. The second-order valence-corrected chi connectivity index (χ2v) is 12.1. The number of nitrogens with zero attached hydrogens (tertiary/aromatic N) is 2. The van der Waals surface area contributed by atoms with Gasteiger partial charge in [0.2, 0.25) is 20.0 Å². The highest BCUT2D eigenvalue weighted by Crippen LogP contribution is 2.36. The predicted molar refractivity (Wildman–Crippen MR) is 109 cm³/mol. The van der Waals surface area contributed by atoms with Crippen LogP contribution in [0.5, 0.6) is 0 Å². The van der Waals surface area contributed by atoms with Crippen LogP contribution in [0.3, 0.4) is 0 Å². The zero-order valence-corrected chi connectivity index (χ0v) is 18.2. The highest BCUT2D eigenvalue weighted by atomic mass is 32.2. The normalized spacial score (nSPS) is 22.1. The molecule has 9 heteroatoms. The smallest absolute Gasteiger partial charge is 0.207 e. The Labute approximate surface area is 170 Å². The molecule has 1 unspecified atom stereocenters. The summed E-state index contributed by atoms with van der Waals surface area (Å²) in [4.78, 5) is 1.53. The zero-order valence-electron chi connectivity index (χ0n) is 15.7. The van der Waals surface area contributed by atoms with Gasteiger partial charge in [-0.1, -0.05) is 6.42 Å². The second kappa shape index (κ2) is 7.53. The molecule has 2 aromatic rings. The van der Waals surface area contributed by atoms with E-state index in [-0.39, 0.29) is 15.8 Å². The number of sulfonamides is 2. The Kier molecular flexibility index (Phi) is 5.39. The average Bonchev–Trinajstić information content (AvgIpc) is 3.19. The lowest BCUT2D eigenvalue weighted by molar-refractivity contribution is 0.329. The number of hydrogen-bond acceptors (Lipinski definition) is 5. The van der Waals surface area contributed by atoms with E-state index >= 15 is 0 Å². The lowest BCUT2D eigenvalue weighted by Gasteiger charge is -2.32. The number of thiophene rings is 1. The quantitative estimate of drug-likeness (QED) is 0.732. The van der Waals surface area contributed by atoms with Crippen LogP contribution in [0.2, 0.25) is 0 Å². The average molecular weight is 441 g/mol. The summed E-state index contributed by atoms with van der Waals surface area (Å²) < 4.78 is 54.9. The summed E-state index contributed by atoms with van der Waals surface area (Å²) >= 11 is 1.66. The summed E-state index contributed by atoms with van der Waals surface area (Å²) in [7, 11) is -7.26. The van der Waals surface area contributed by atoms with E-state index in [1.165, 1.54) is 37.8 Å². The number of hydrogen-bond donors (Lipinski definition) is 0. The van der Waals surface area contributed by atoms with Gasteiger partial charge in [0.1, 0.15) is 0 Å². The van der Waals surface area contributed by atoms with Gasteiger partial charge >= 0.3 is 0 Å². The van der Waals surface area contributed by atoms with E-state index in [0.29, 0.717) is 26.1 Å². The van der Waals surface area contributed by atoms with Crippen molar-refractivity contribution in [2.45, 2.75) is 48.4 Å². The molecule has 1 atom stereocenters. The van der Waals surface area contributed by atoms with Crippen LogP contribution in [0.4, 0.5) is 0 Å². The van der Waals surface area contributed by atoms with E-state index in [1.54, 1.807) is 11.3 Å². The van der Waals surface area contributed by atoms with Crippen molar-refractivity contribution >= 4 is 31.4 Å². The molecule has 28 heavy (non-hydrogen) atoms. The van der Waals surface area contributed by atoms with Gasteiger partial charge in [0.05, 0.1) is 9.79 Å². The summed E-state index contributed by atoms with van der Waals surface area (Å²) in [5, 5.41) is 2.00. The molecule has 0 radical (unpaired) electrons. The SMILES string of the molecule is CC1c2ccsc2CCN1S(=O)(=O)c1ccc(S(=O)(=O)N2CCCCC2)cc1. The summed E-state index contributed by atoms with van der Waals surface area (Å²) in [6.07, 6.45) is 3.48. The molecule has 6 nitrogen and oxygen atoms in total. The van der Waals surface area contributed by atoms with Crippen LogP contribution in [0.15, 0.2) is 45.5 Å². The Morgan fingerprint density at radius 3 is 2.11 bits per heavy atom. The Balaban J connectivity index is 1.60. The van der Waals surface area contributed by atoms with Gasteiger partial charge < -0.3 is 0 Å². The maximum atomic E-state index is 13.2. The number of rotatable bonds is 4. The molecule has 152 valence electrons. The largest absolute Gasteiger partial charge is 0.243 e. The van der Waals surface area contributed by atoms with Crippen molar-refractivity contribution in [1.29, 1.82) is 0 Å². The monoisotopic (exact) mass is 440 g/mol. The summed E-state index contributed by atoms with van der Waals surface area (Å²) in [5.41, 5.74) is 1.06. The minimum absolute atomic E-state index is 0.135. The molecule has 2 aliphatic rings. The van der Waals surface area contributed by atoms with E-state index in [0.717, 1.165) is 24.8 Å². The first-order valence-corrected chi connectivity index (χ1v) is 13.3. The third-order valence-corrected chi connectivity index (χ3v) is 10.5. The minimum atomic E-state index is -3.69. The fourth-order valence-electron chi connectivity index (χ4n) is 3.99. The number of fused-ring (bicyclic) bond motifs is 1. The Bertz CT molecular complexity index is 1050. The molecular formula is C19H24N2O4S3. The van der Waals surface area contributed by atoms with E-state index in [9.17, 15) is 16.8 Å². The van der Waals surface area contributed by atoms with E-state index in [4.69, 9.17) is 0 Å². The van der Waals surface area contributed by atoms with Crippen LogP contribution in [-0.4, -0.2) is 45.1 Å². The van der Waals surface area contributed by atoms with Gasteiger partial charge in [0.15, 0.2) is 0 Å². The summed E-state index contributed by atoms with van der Waals surface area (Å²) in [5.74, 6) is 0. The molecule has 0 N–H and O–H groups in total. The fourth-order valence-corrected chi connectivity index (χ4v) is 8.08. The molecule has 0 bridgehead atoms. The van der Waals surface area contributed by atoms with Crippen molar-refractivity contribution in [2.75, 3.05) is 19.6 Å². The number of benzene rings is 1. The maximum absolute atomic E-state index is 13.2. The molecule has 0 amide bonds. The van der Waals surface area contributed by atoms with Crippen LogP contribution in [0, 0.1) is 0 Å². The van der Waals surface area contributed by atoms with E-state index in [2.05, 4.69) is 0 Å². The number of piperidine rings is 1. The van der Waals surface area contributed by atoms with E-state index < -0.39 is 20.0 Å². The van der Waals surface area contributed by atoms with Gasteiger partial charge in [-0.05, 0) is 67.5 Å². The first-order valence-electron chi connectivity index (χ1n) is 9.50. The van der Waals surface area contributed by atoms with Crippen molar-refractivity contribution in [3.8, 4) is 0 Å². The molecule has 2 aliphatic heterocycles. The molecule has 1 fully saturated rings. The molecule has 3 heterocycles. The van der Waals surface area contributed by atoms with Gasteiger partial charge in [-0.3, -0.25) is 0 Å². The molecule has 1 saturated heterocycles. The molecule has 1 aromatic carbocycles. The van der Waals surface area contributed by atoms with Gasteiger partial charge in [-0.25, -0.2) is 16.8 Å². The third kappa shape index (κ3) is 3.43. The van der Waals surface area contributed by atoms with E-state index in [1.807, 2.05) is 18.4 Å². The van der Waals surface area contributed by atoms with Crippen molar-refractivity contribution in [3.05, 3.63) is 46.2 Å². The predicted octanol–water partition coefficient (Wildman–Crippen LogP) is 3.23. The molecule has 0 aliphatic carbocycles. The van der Waals surface area contributed by atoms with Crippen molar-refractivity contribution in [3.63, 3.8) is 0 Å². The third-order valence-electron chi connectivity index (χ3n) is 5.60. The summed E-state index contributed by atoms with van der Waals surface area (Å²) in [6, 6.07) is 7.44. The topological polar surface area (TPSA) is 74.8 Å². The second-order valence-electron chi connectivity index (χ2n) is 7.28. The lowest BCUT2D eigenvalue weighted by Crippen LogP contribution is -2.38.